The Morgan fingerprint density at radius 1 is 0.933 bits per heavy atom. The summed E-state index contributed by atoms with van der Waals surface area (Å²) in [5, 5.41) is 0.445. The van der Waals surface area contributed by atoms with Crippen molar-refractivity contribution in [3.8, 4) is 0 Å². The van der Waals surface area contributed by atoms with Crippen molar-refractivity contribution in [3.05, 3.63) is 35.3 Å². The van der Waals surface area contributed by atoms with Crippen molar-refractivity contribution in [3.63, 3.8) is 0 Å². The van der Waals surface area contributed by atoms with Gasteiger partial charge in [-0.15, -0.1) is 0 Å². The number of rotatable bonds is 2. The number of nitrogen functional groups attached to an aromatic ring is 2. The Morgan fingerprint density at radius 3 is 2.38 bits per heavy atom. The van der Waals surface area contributed by atoms with Crippen LogP contribution < -0.4 is 17.0 Å². The molecule has 4 aromatic rings. The number of hydrogen-bond donors (Lipinski definition) is 7. The summed E-state index contributed by atoms with van der Waals surface area (Å²) < 4.78 is 68.7. The van der Waals surface area contributed by atoms with E-state index >= 15 is 8.78 Å². The molecule has 18 nitrogen and oxygen atoms in total. The van der Waals surface area contributed by atoms with Crippen LogP contribution in [0.4, 0.5) is 20.5 Å². The van der Waals surface area contributed by atoms with Gasteiger partial charge in [-0.05, 0) is 0 Å². The Hall–Kier alpha value is -2.33. The number of imidazole rings is 1. The monoisotopic (exact) mass is 713 g/mol. The van der Waals surface area contributed by atoms with Crippen molar-refractivity contribution >= 4 is 72.8 Å². The van der Waals surface area contributed by atoms with Crippen molar-refractivity contribution in [2.75, 3.05) is 24.7 Å². The van der Waals surface area contributed by atoms with E-state index in [9.17, 15) is 14.6 Å². The summed E-state index contributed by atoms with van der Waals surface area (Å²) in [6.07, 6.45) is -8.78. The van der Waals surface area contributed by atoms with Crippen LogP contribution in [-0.2, 0) is 27.6 Å². The summed E-state index contributed by atoms with van der Waals surface area (Å²) in [7, 11) is -9.09. The van der Waals surface area contributed by atoms with Gasteiger partial charge in [0.2, 0.25) is 0 Å². The number of nitrogens with zero attached hydrogens (tertiary/aromatic N) is 6. The van der Waals surface area contributed by atoms with E-state index < -0.39 is 82.3 Å². The molecule has 3 aliphatic heterocycles. The van der Waals surface area contributed by atoms with Crippen LogP contribution in [0.15, 0.2) is 29.7 Å². The first-order chi connectivity index (χ1) is 21.3. The van der Waals surface area contributed by atoms with Crippen molar-refractivity contribution < 1.29 is 46.1 Å². The molecule has 3 aliphatic rings. The maximum absolute atomic E-state index is 16.1. The van der Waals surface area contributed by atoms with Gasteiger partial charge in [0, 0.05) is 0 Å². The molecule has 7 rings (SSSR count). The number of H-pyrrole nitrogens is 1. The molecule has 24 heteroatoms. The fraction of sp³-hybridized carbons (Fsp3) is 0.476. The Labute approximate surface area is 261 Å². The molecule has 0 spiro atoms. The van der Waals surface area contributed by atoms with Gasteiger partial charge in [-0.3, -0.25) is 0 Å². The molecule has 0 saturated carbocycles. The second kappa shape index (κ2) is 11.4. The molecule has 246 valence electrons. The average Bonchev–Trinajstić information content (AvgIpc) is 3.72. The van der Waals surface area contributed by atoms with E-state index in [1.165, 1.54) is 21.7 Å². The fourth-order valence-corrected chi connectivity index (χ4v) is 8.81. The molecule has 3 saturated heterocycles. The Kier molecular flexibility index (Phi) is 7.94. The zero-order valence-corrected chi connectivity index (χ0v) is 26.4. The van der Waals surface area contributed by atoms with Gasteiger partial charge in [-0.1, -0.05) is 0 Å². The van der Waals surface area contributed by atoms with Crippen molar-refractivity contribution in [2.45, 2.75) is 49.2 Å². The normalized spacial score (nSPS) is 34.9. The summed E-state index contributed by atoms with van der Waals surface area (Å²) in [4.78, 5) is 52.9. The summed E-state index contributed by atoms with van der Waals surface area (Å²) >= 11 is 8.27. The Balaban J connectivity index is 1.20. The third kappa shape index (κ3) is 5.66. The SMILES string of the molecule is Nc1nc2c(ncn2[C@@H]2O[C@@H]3CO[PH](O)(S)O[C@H]4[C@H](F)[C@H](n5ccc6c(N)ncnc65)O[C@@H]4CO[PH](O)(S)O[C@@H]2[C@H]3F)c(=O)[nH]1. The van der Waals surface area contributed by atoms with Crippen LogP contribution in [0.3, 0.4) is 0 Å². The number of nitrogens with one attached hydrogen (secondary N) is 1. The van der Waals surface area contributed by atoms with Crippen LogP contribution in [0, 0.1) is 0 Å². The second-order valence-electron chi connectivity index (χ2n) is 10.4. The molecule has 4 aromatic heterocycles. The van der Waals surface area contributed by atoms with E-state index in [1.54, 1.807) is 6.07 Å². The summed E-state index contributed by atoms with van der Waals surface area (Å²) in [5.41, 5.74) is 11.0. The molecule has 45 heavy (non-hydrogen) atoms. The first-order valence-electron chi connectivity index (χ1n) is 13.2. The predicted molar refractivity (Wildman–Crippen MR) is 163 cm³/mol. The molecule has 0 aliphatic carbocycles. The topological polar surface area (TPSA) is 242 Å². The number of alkyl halides is 2. The van der Waals surface area contributed by atoms with Gasteiger partial charge in [0.05, 0.1) is 0 Å². The number of ether oxygens (including phenoxy) is 2. The molecule has 0 amide bonds. The summed E-state index contributed by atoms with van der Waals surface area (Å²) in [5.74, 6) is -0.0752. The van der Waals surface area contributed by atoms with Gasteiger partial charge >= 0.3 is 262 Å². The van der Waals surface area contributed by atoms with E-state index in [-0.39, 0.29) is 28.6 Å². The molecule has 3 fully saturated rings. The second-order valence-corrected chi connectivity index (χ2v) is 17.0. The van der Waals surface area contributed by atoms with Crippen LogP contribution >= 0.6 is 38.8 Å². The van der Waals surface area contributed by atoms with Gasteiger partial charge in [0.25, 0.3) is 0 Å². The van der Waals surface area contributed by atoms with Gasteiger partial charge in [-0.2, -0.15) is 0 Å². The van der Waals surface area contributed by atoms with Gasteiger partial charge < -0.3 is 0 Å². The maximum atomic E-state index is 16.1. The molecule has 7 heterocycles. The minimum absolute atomic E-state index is 0.0646. The van der Waals surface area contributed by atoms with Crippen molar-refractivity contribution in [2.24, 2.45) is 0 Å². The van der Waals surface area contributed by atoms with E-state index in [2.05, 4.69) is 49.4 Å². The minimum atomic E-state index is -4.57. The fourth-order valence-electron chi connectivity index (χ4n) is 5.50. The Morgan fingerprint density at radius 2 is 1.62 bits per heavy atom. The van der Waals surface area contributed by atoms with Crippen molar-refractivity contribution in [1.82, 2.24) is 34.1 Å². The van der Waals surface area contributed by atoms with E-state index in [0.717, 1.165) is 6.33 Å². The van der Waals surface area contributed by atoms with Crippen LogP contribution in [0.2, 0.25) is 0 Å². The third-order valence-corrected chi connectivity index (χ3v) is 11.2. The van der Waals surface area contributed by atoms with Gasteiger partial charge in [0.15, 0.2) is 0 Å². The van der Waals surface area contributed by atoms with E-state index in [1.807, 2.05) is 0 Å². The molecule has 0 unspecified atom stereocenters. The van der Waals surface area contributed by atoms with Crippen LogP contribution in [-0.4, -0.2) is 93.8 Å². The van der Waals surface area contributed by atoms with E-state index in [0.29, 0.717) is 5.39 Å². The summed E-state index contributed by atoms with van der Waals surface area (Å²) in [6.45, 7) is -1.22. The van der Waals surface area contributed by atoms with E-state index in [4.69, 9.17) is 39.0 Å². The molecular weight excluding hydrogens is 686 g/mol. The zero-order valence-electron chi connectivity index (χ0n) is 22.6. The number of nitrogens with two attached hydrogens (primary N) is 2. The number of thiol groups is 2. The summed E-state index contributed by atoms with van der Waals surface area (Å²) in [6, 6.07) is 1.58. The number of aromatic nitrogens is 7. The molecular formula is C21H27F2N9O9P2S2. The van der Waals surface area contributed by atoms with Gasteiger partial charge in [0.1, 0.15) is 0 Å². The first kappa shape index (κ1) is 31.3. The number of fused-ring (bicyclic) bond motifs is 5. The number of anilines is 2. The molecule has 0 aromatic carbocycles. The Bertz CT molecular complexity index is 1820. The number of hydrogen-bond acceptors (Lipinski definition) is 17. The van der Waals surface area contributed by atoms with Crippen LogP contribution in [0.25, 0.3) is 22.2 Å². The third-order valence-electron chi connectivity index (χ3n) is 7.52. The standard InChI is InChI=1S/C21H27F2N9O9P2S2/c22-10-8-3-36-42(34,44)40-13-9(39-19(11(13)23)31-2-1-7-15(24)26-5-27-16(7)31)4-37-43(35,45)41-14(10)20(38-8)32-6-28-12-17(32)29-21(25)30-18(12)33/h1-2,5-6,8-11,13-14,19-20,34-35,42-45H,3-4H2,(H2,24,26,27)(H3,25,29,30,33)/t8-,9-,10+,11+,13-,14-,19-,20-/m1/s1. The molecule has 8 atom stereocenters. The zero-order chi connectivity index (χ0) is 31.8. The number of halogens is 2. The molecule has 0 radical (unpaired) electrons. The van der Waals surface area contributed by atoms with Crippen LogP contribution in [0.1, 0.15) is 12.5 Å². The van der Waals surface area contributed by atoms with Crippen molar-refractivity contribution in [1.29, 1.82) is 0 Å². The molecule has 7 N–H and O–H groups in total. The molecule has 2 bridgehead atoms. The first-order valence-corrected chi connectivity index (χ1v) is 19.3. The average molecular weight is 714 g/mol. The van der Waals surface area contributed by atoms with Crippen LogP contribution in [0.5, 0.6) is 0 Å². The van der Waals surface area contributed by atoms with Gasteiger partial charge in [-0.25, -0.2) is 0 Å². The number of aromatic amines is 1. The quantitative estimate of drug-likeness (QED) is 0.112. The predicted octanol–water partition coefficient (Wildman–Crippen LogP) is 0.681.